The summed E-state index contributed by atoms with van der Waals surface area (Å²) in [6.45, 7) is 2.03. The van der Waals surface area contributed by atoms with Crippen molar-refractivity contribution in [3.05, 3.63) is 143 Å². The fraction of sp³-hybridized carbons (Fsp3) is 0.268. The maximum atomic E-state index is 14.3. The lowest BCUT2D eigenvalue weighted by atomic mass is 9.94. The third-order valence-electron chi connectivity index (χ3n) is 8.85. The largest absolute Gasteiger partial charge is 0.445 e. The Kier molecular flexibility index (Phi) is 12.4. The fourth-order valence-corrected chi connectivity index (χ4v) is 7.79. The lowest BCUT2D eigenvalue weighted by Gasteiger charge is -2.26. The van der Waals surface area contributed by atoms with Crippen LogP contribution < -0.4 is 16.0 Å². The zero-order valence-electron chi connectivity index (χ0n) is 28.8. The van der Waals surface area contributed by atoms with E-state index in [2.05, 4.69) is 16.0 Å². The standard InChI is InChI=1S/C41H41N3O6S2/c1-41(27-50-41)37(45)33(21-28-13-5-2-6-14-28)42-38(46)34(22-31-25-52-36-20-12-11-19-32(31)36)43-39(47)35(26-51-24-30-17-9-4-10-18-30)44-40(48)49-23-29-15-7-3-8-16-29/h2-20,25,33-35H,21-24,26-27H2,1H3,(H,42,46)(H,43,47)(H,44,48)/t33-,34-,35-,41-/m0/s1. The van der Waals surface area contributed by atoms with Crippen LogP contribution in [-0.4, -0.2) is 59.8 Å². The summed E-state index contributed by atoms with van der Waals surface area (Å²) >= 11 is 3.03. The Morgan fingerprint density at radius 2 is 1.31 bits per heavy atom. The molecule has 1 aromatic heterocycles. The third kappa shape index (κ3) is 10.1. The van der Waals surface area contributed by atoms with E-state index in [1.807, 2.05) is 121 Å². The van der Waals surface area contributed by atoms with Gasteiger partial charge in [-0.1, -0.05) is 109 Å². The number of ether oxygens (including phenoxy) is 2. The van der Waals surface area contributed by atoms with Gasteiger partial charge in [0.15, 0.2) is 5.78 Å². The lowest BCUT2D eigenvalue weighted by Crippen LogP contribution is -2.58. The van der Waals surface area contributed by atoms with Crippen molar-refractivity contribution in [2.75, 3.05) is 12.4 Å². The summed E-state index contributed by atoms with van der Waals surface area (Å²) in [5, 5.41) is 11.6. The Balaban J connectivity index is 1.22. The molecule has 6 rings (SSSR count). The van der Waals surface area contributed by atoms with E-state index in [1.54, 1.807) is 18.3 Å². The average molecular weight is 736 g/mol. The molecule has 1 aliphatic heterocycles. The van der Waals surface area contributed by atoms with Crippen molar-refractivity contribution in [3.8, 4) is 0 Å². The number of hydrogen-bond donors (Lipinski definition) is 3. The van der Waals surface area contributed by atoms with E-state index in [-0.39, 0.29) is 37.6 Å². The minimum Gasteiger partial charge on any atom is -0.445 e. The number of amides is 3. The number of carbonyl (C=O) groups is 4. The molecule has 0 unspecified atom stereocenters. The number of benzene rings is 4. The van der Waals surface area contributed by atoms with Gasteiger partial charge in [0.2, 0.25) is 11.8 Å². The molecule has 0 radical (unpaired) electrons. The zero-order valence-corrected chi connectivity index (χ0v) is 30.4. The predicted octanol–water partition coefficient (Wildman–Crippen LogP) is 6.24. The van der Waals surface area contributed by atoms with Gasteiger partial charge in [0, 0.05) is 22.6 Å². The third-order valence-corrected chi connectivity index (χ3v) is 11.0. The van der Waals surface area contributed by atoms with E-state index in [0.717, 1.165) is 32.3 Å². The minimum absolute atomic E-state index is 0.0356. The average Bonchev–Trinajstić information content (AvgIpc) is 3.80. The highest BCUT2D eigenvalue weighted by molar-refractivity contribution is 7.98. The van der Waals surface area contributed by atoms with Gasteiger partial charge in [0.05, 0.1) is 12.6 Å². The number of nitrogens with one attached hydrogen (secondary N) is 3. The lowest BCUT2D eigenvalue weighted by molar-refractivity contribution is -0.133. The Hall–Kier alpha value is -4.97. The van der Waals surface area contributed by atoms with Crippen LogP contribution >= 0.6 is 23.1 Å². The molecule has 9 nitrogen and oxygen atoms in total. The summed E-state index contributed by atoms with van der Waals surface area (Å²) < 4.78 is 12.0. The first-order valence-corrected chi connectivity index (χ1v) is 19.2. The monoisotopic (exact) mass is 735 g/mol. The van der Waals surface area contributed by atoms with E-state index in [0.29, 0.717) is 5.75 Å². The molecule has 5 aromatic rings. The van der Waals surface area contributed by atoms with Crippen molar-refractivity contribution in [2.24, 2.45) is 0 Å². The fourth-order valence-electron chi connectivity index (χ4n) is 5.80. The van der Waals surface area contributed by atoms with Crippen molar-refractivity contribution in [1.82, 2.24) is 16.0 Å². The van der Waals surface area contributed by atoms with Gasteiger partial charge < -0.3 is 25.4 Å². The Bertz CT molecular complexity index is 1970. The second kappa shape index (κ2) is 17.5. The minimum atomic E-state index is -1.06. The summed E-state index contributed by atoms with van der Waals surface area (Å²) in [7, 11) is 0. The van der Waals surface area contributed by atoms with Crippen LogP contribution in [0.1, 0.15) is 29.2 Å². The van der Waals surface area contributed by atoms with Crippen molar-refractivity contribution in [3.63, 3.8) is 0 Å². The summed E-state index contributed by atoms with van der Waals surface area (Å²) in [6.07, 6.45) is -0.315. The Morgan fingerprint density at radius 1 is 0.731 bits per heavy atom. The topological polar surface area (TPSA) is 126 Å². The van der Waals surface area contributed by atoms with Gasteiger partial charge in [-0.15, -0.1) is 11.3 Å². The number of ketones is 1. The molecule has 1 aliphatic rings. The number of alkyl carbamates (subject to hydrolysis) is 1. The molecule has 0 bridgehead atoms. The van der Waals surface area contributed by atoms with E-state index in [9.17, 15) is 19.2 Å². The molecular weight excluding hydrogens is 695 g/mol. The summed E-state index contributed by atoms with van der Waals surface area (Å²) in [6, 6.07) is 33.5. The Labute approximate surface area is 311 Å². The number of thiophene rings is 1. The zero-order chi connectivity index (χ0) is 36.3. The predicted molar refractivity (Wildman–Crippen MR) is 205 cm³/mol. The van der Waals surface area contributed by atoms with Gasteiger partial charge in [-0.25, -0.2) is 4.79 Å². The summed E-state index contributed by atoms with van der Waals surface area (Å²) in [5.41, 5.74) is 2.67. The maximum absolute atomic E-state index is 14.3. The molecule has 1 saturated heterocycles. The van der Waals surface area contributed by atoms with E-state index in [1.165, 1.54) is 11.8 Å². The first-order chi connectivity index (χ1) is 25.3. The molecule has 4 aromatic carbocycles. The maximum Gasteiger partial charge on any atom is 0.408 e. The molecule has 4 atom stereocenters. The summed E-state index contributed by atoms with van der Waals surface area (Å²) in [5.74, 6) is -0.444. The molecule has 52 heavy (non-hydrogen) atoms. The van der Waals surface area contributed by atoms with Gasteiger partial charge in [-0.05, 0) is 52.4 Å². The second-order valence-corrected chi connectivity index (χ2v) is 14.9. The second-order valence-electron chi connectivity index (χ2n) is 12.9. The highest BCUT2D eigenvalue weighted by Crippen LogP contribution is 2.30. The molecule has 2 heterocycles. The molecule has 3 N–H and O–H groups in total. The van der Waals surface area contributed by atoms with Crippen LogP contribution in [0.5, 0.6) is 0 Å². The molecule has 0 saturated carbocycles. The van der Waals surface area contributed by atoms with Crippen LogP contribution in [-0.2, 0) is 49.1 Å². The molecule has 11 heteroatoms. The number of thioether (sulfide) groups is 1. The quantitative estimate of drug-likeness (QED) is 0.0966. The number of rotatable bonds is 17. The van der Waals surface area contributed by atoms with Crippen LogP contribution in [0.3, 0.4) is 0 Å². The molecular formula is C41H41N3O6S2. The van der Waals surface area contributed by atoms with Gasteiger partial charge in [0.1, 0.15) is 24.3 Å². The first-order valence-electron chi connectivity index (χ1n) is 17.1. The van der Waals surface area contributed by atoms with Crippen LogP contribution in [0.15, 0.2) is 121 Å². The molecule has 268 valence electrons. The molecule has 0 aliphatic carbocycles. The van der Waals surface area contributed by atoms with Crippen molar-refractivity contribution in [1.29, 1.82) is 0 Å². The smallest absolute Gasteiger partial charge is 0.408 e. The SMILES string of the molecule is C[C@@]1(C(=O)[C@H](Cc2ccccc2)NC(=O)[C@H](Cc2csc3ccccc23)NC(=O)[C@H](CSCc2ccccc2)NC(=O)OCc2ccccc2)CO1. The van der Waals surface area contributed by atoms with Crippen molar-refractivity contribution in [2.45, 2.75) is 55.9 Å². The van der Waals surface area contributed by atoms with Gasteiger partial charge in [-0.2, -0.15) is 11.8 Å². The molecule has 3 amide bonds. The van der Waals surface area contributed by atoms with Crippen LogP contribution in [0.4, 0.5) is 4.79 Å². The van der Waals surface area contributed by atoms with E-state index in [4.69, 9.17) is 9.47 Å². The van der Waals surface area contributed by atoms with Gasteiger partial charge in [0.25, 0.3) is 0 Å². The Morgan fingerprint density at radius 3 is 1.98 bits per heavy atom. The van der Waals surface area contributed by atoms with Crippen LogP contribution in [0, 0.1) is 0 Å². The van der Waals surface area contributed by atoms with Crippen molar-refractivity contribution >= 4 is 56.9 Å². The van der Waals surface area contributed by atoms with Crippen molar-refractivity contribution < 1.29 is 28.7 Å². The number of hydrogen-bond acceptors (Lipinski definition) is 8. The summed E-state index contributed by atoms with van der Waals surface area (Å²) in [4.78, 5) is 55.1. The normalized spacial score (nSPS) is 16.6. The van der Waals surface area contributed by atoms with E-state index < -0.39 is 41.6 Å². The number of carbonyl (C=O) groups excluding carboxylic acids is 4. The number of Topliss-reactive ketones (excluding diaryl/α,β-unsaturated/α-hetero) is 1. The van der Waals surface area contributed by atoms with Gasteiger partial charge >= 0.3 is 6.09 Å². The number of fused-ring (bicyclic) bond motifs is 1. The van der Waals surface area contributed by atoms with Gasteiger partial charge in [-0.3, -0.25) is 14.4 Å². The molecule has 0 spiro atoms. The highest BCUT2D eigenvalue weighted by atomic mass is 32.2. The van der Waals surface area contributed by atoms with E-state index >= 15 is 0 Å². The molecule has 1 fully saturated rings. The van der Waals surface area contributed by atoms with Crippen LogP contribution in [0.2, 0.25) is 0 Å². The number of epoxide rings is 1. The highest BCUT2D eigenvalue weighted by Gasteiger charge is 2.50. The van der Waals surface area contributed by atoms with Crippen LogP contribution in [0.25, 0.3) is 10.1 Å². The first kappa shape index (κ1) is 36.8.